The number of aliphatic hydroxyl groups excluding tert-OH is 1. The van der Waals surface area contributed by atoms with E-state index in [1.165, 1.54) is 4.90 Å². The van der Waals surface area contributed by atoms with Crippen molar-refractivity contribution in [1.29, 1.82) is 0 Å². The van der Waals surface area contributed by atoms with Gasteiger partial charge < -0.3 is 14.6 Å². The van der Waals surface area contributed by atoms with Gasteiger partial charge in [-0.15, -0.1) is 0 Å². The highest BCUT2D eigenvalue weighted by Gasteiger charge is 2.41. The minimum atomic E-state index is -1.28. The third-order valence-corrected chi connectivity index (χ3v) is 4.98. The Kier molecular flexibility index (Phi) is 6.03. The van der Waals surface area contributed by atoms with Gasteiger partial charge in [0, 0.05) is 14.5 Å². The molecule has 1 rings (SSSR count). The quantitative estimate of drug-likeness (QED) is 0.631. The van der Waals surface area contributed by atoms with Gasteiger partial charge in [-0.1, -0.05) is 19.6 Å². The van der Waals surface area contributed by atoms with Crippen LogP contribution < -0.4 is 0 Å². The van der Waals surface area contributed by atoms with Crippen LogP contribution in [-0.4, -0.2) is 61.0 Å². The SMILES string of the molecule is CC(C)(C)OC(=O)N1C[C@H](O)C[C@H]1C(=O)OCC[Si](C)(C)C. The number of ether oxygens (including phenoxy) is 2. The molecule has 1 N–H and O–H groups in total. The molecule has 1 amide bonds. The highest BCUT2D eigenvalue weighted by atomic mass is 28.3. The normalized spacial score (nSPS) is 22.6. The van der Waals surface area contributed by atoms with E-state index in [4.69, 9.17) is 9.47 Å². The van der Waals surface area contributed by atoms with Gasteiger partial charge in [-0.3, -0.25) is 4.90 Å². The fraction of sp³-hybridized carbons (Fsp3) is 0.867. The smallest absolute Gasteiger partial charge is 0.411 e. The number of nitrogens with zero attached hydrogens (tertiary/aromatic N) is 1. The number of hydrogen-bond acceptors (Lipinski definition) is 5. The first-order valence-electron chi connectivity index (χ1n) is 7.73. The van der Waals surface area contributed by atoms with E-state index in [1.54, 1.807) is 20.8 Å². The second kappa shape index (κ2) is 7.00. The van der Waals surface area contributed by atoms with Gasteiger partial charge in [-0.25, -0.2) is 9.59 Å². The Morgan fingerprint density at radius 1 is 1.27 bits per heavy atom. The van der Waals surface area contributed by atoms with Crippen molar-refractivity contribution >= 4 is 20.1 Å². The molecule has 0 unspecified atom stereocenters. The Morgan fingerprint density at radius 3 is 2.36 bits per heavy atom. The molecule has 1 heterocycles. The fourth-order valence-electron chi connectivity index (χ4n) is 2.11. The standard InChI is InChI=1S/C15H29NO5Si/c1-15(2,3)21-14(19)16-10-11(17)9-12(16)13(18)20-7-8-22(4,5)6/h11-12,17H,7-10H2,1-6H3/t11-,12+/m1/s1. The van der Waals surface area contributed by atoms with E-state index in [0.29, 0.717) is 6.61 Å². The lowest BCUT2D eigenvalue weighted by atomic mass is 10.2. The number of aliphatic hydroxyl groups is 1. The molecule has 6 nitrogen and oxygen atoms in total. The van der Waals surface area contributed by atoms with Crippen molar-refractivity contribution in [2.45, 2.75) is 70.6 Å². The van der Waals surface area contributed by atoms with E-state index in [-0.39, 0.29) is 13.0 Å². The van der Waals surface area contributed by atoms with E-state index in [2.05, 4.69) is 19.6 Å². The van der Waals surface area contributed by atoms with Crippen molar-refractivity contribution in [3.63, 3.8) is 0 Å². The summed E-state index contributed by atoms with van der Waals surface area (Å²) >= 11 is 0. The molecule has 0 bridgehead atoms. The van der Waals surface area contributed by atoms with E-state index in [9.17, 15) is 14.7 Å². The van der Waals surface area contributed by atoms with Crippen molar-refractivity contribution in [3.05, 3.63) is 0 Å². The zero-order valence-electron chi connectivity index (χ0n) is 14.5. The summed E-state index contributed by atoms with van der Waals surface area (Å²) in [7, 11) is -1.28. The van der Waals surface area contributed by atoms with Crippen LogP contribution in [0.4, 0.5) is 4.79 Å². The second-order valence-corrected chi connectivity index (χ2v) is 13.6. The molecule has 0 aromatic heterocycles. The first kappa shape index (κ1) is 19.0. The van der Waals surface area contributed by atoms with Crippen molar-refractivity contribution in [3.8, 4) is 0 Å². The summed E-state index contributed by atoms with van der Waals surface area (Å²) in [5.74, 6) is -0.458. The van der Waals surface area contributed by atoms with Gasteiger partial charge in [0.2, 0.25) is 0 Å². The van der Waals surface area contributed by atoms with Crippen molar-refractivity contribution < 1.29 is 24.2 Å². The molecule has 0 spiro atoms. The zero-order chi connectivity index (χ0) is 17.1. The van der Waals surface area contributed by atoms with Gasteiger partial charge in [0.05, 0.1) is 19.3 Å². The topological polar surface area (TPSA) is 76.1 Å². The van der Waals surface area contributed by atoms with Crippen LogP contribution in [0.25, 0.3) is 0 Å². The largest absolute Gasteiger partial charge is 0.464 e. The minimum absolute atomic E-state index is 0.0999. The summed E-state index contributed by atoms with van der Waals surface area (Å²) in [5, 5.41) is 9.77. The Labute approximate surface area is 133 Å². The lowest BCUT2D eigenvalue weighted by molar-refractivity contribution is -0.148. The second-order valence-electron chi connectivity index (χ2n) is 8.02. The Hall–Kier alpha value is -1.08. The van der Waals surface area contributed by atoms with Crippen LogP contribution in [0.15, 0.2) is 0 Å². The average Bonchev–Trinajstić information content (AvgIpc) is 2.67. The van der Waals surface area contributed by atoms with Crippen molar-refractivity contribution in [2.75, 3.05) is 13.2 Å². The number of β-amino-alcohol motifs (C(OH)–C–C–N with tert-alkyl or cyclic N) is 1. The van der Waals surface area contributed by atoms with Crippen LogP contribution in [-0.2, 0) is 14.3 Å². The Bertz CT molecular complexity index is 413. The predicted molar refractivity (Wildman–Crippen MR) is 86.5 cm³/mol. The van der Waals surface area contributed by atoms with Crippen LogP contribution in [0.3, 0.4) is 0 Å². The number of hydrogen-bond donors (Lipinski definition) is 1. The fourth-order valence-corrected chi connectivity index (χ4v) is 2.83. The summed E-state index contributed by atoms with van der Waals surface area (Å²) in [5.41, 5.74) is -0.642. The minimum Gasteiger partial charge on any atom is -0.464 e. The highest BCUT2D eigenvalue weighted by molar-refractivity contribution is 6.76. The number of likely N-dealkylation sites (tertiary alicyclic amines) is 1. The van der Waals surface area contributed by atoms with E-state index >= 15 is 0 Å². The lowest BCUT2D eigenvalue weighted by Crippen LogP contribution is -2.44. The molecular formula is C15H29NO5Si. The van der Waals surface area contributed by atoms with Crippen LogP contribution >= 0.6 is 0 Å². The molecule has 1 aliphatic rings. The third-order valence-electron chi connectivity index (χ3n) is 3.28. The van der Waals surface area contributed by atoms with Crippen molar-refractivity contribution in [1.82, 2.24) is 4.90 Å². The molecule has 2 atom stereocenters. The molecule has 7 heteroatoms. The summed E-state index contributed by atoms with van der Waals surface area (Å²) < 4.78 is 10.6. The predicted octanol–water partition coefficient (Wildman–Crippen LogP) is 2.24. The molecule has 1 aliphatic heterocycles. The number of rotatable bonds is 4. The maximum Gasteiger partial charge on any atom is 0.411 e. The van der Waals surface area contributed by atoms with Gasteiger partial charge in [-0.2, -0.15) is 0 Å². The molecule has 0 aromatic rings. The Balaban J connectivity index is 2.62. The van der Waals surface area contributed by atoms with Crippen LogP contribution in [0.1, 0.15) is 27.2 Å². The Morgan fingerprint density at radius 2 is 1.86 bits per heavy atom. The average molecular weight is 331 g/mol. The van der Waals surface area contributed by atoms with Crippen LogP contribution in [0.2, 0.25) is 25.7 Å². The first-order chi connectivity index (χ1) is 9.89. The van der Waals surface area contributed by atoms with Gasteiger partial charge in [-0.05, 0) is 26.8 Å². The summed E-state index contributed by atoms with van der Waals surface area (Å²) in [6, 6.07) is 0.118. The molecule has 1 saturated heterocycles. The van der Waals surface area contributed by atoms with E-state index < -0.39 is 37.9 Å². The van der Waals surface area contributed by atoms with Gasteiger partial charge in [0.15, 0.2) is 0 Å². The number of carbonyl (C=O) groups excluding carboxylic acids is 2. The van der Waals surface area contributed by atoms with Crippen LogP contribution in [0, 0.1) is 0 Å². The molecule has 1 fully saturated rings. The molecule has 22 heavy (non-hydrogen) atoms. The number of esters is 1. The third kappa shape index (κ3) is 6.35. The molecule has 0 radical (unpaired) electrons. The molecular weight excluding hydrogens is 302 g/mol. The maximum absolute atomic E-state index is 12.2. The van der Waals surface area contributed by atoms with E-state index in [0.717, 1.165) is 6.04 Å². The van der Waals surface area contributed by atoms with Crippen molar-refractivity contribution in [2.24, 2.45) is 0 Å². The maximum atomic E-state index is 12.2. The first-order valence-corrected chi connectivity index (χ1v) is 11.4. The van der Waals surface area contributed by atoms with Gasteiger partial charge >= 0.3 is 12.1 Å². The molecule has 0 aromatic carbocycles. The van der Waals surface area contributed by atoms with Crippen LogP contribution in [0.5, 0.6) is 0 Å². The number of amides is 1. The summed E-state index contributed by atoms with van der Waals surface area (Å²) in [6.07, 6.45) is -1.11. The summed E-state index contributed by atoms with van der Waals surface area (Å²) in [6.45, 7) is 12.4. The van der Waals surface area contributed by atoms with Gasteiger partial charge in [0.1, 0.15) is 11.6 Å². The highest BCUT2D eigenvalue weighted by Crippen LogP contribution is 2.22. The zero-order valence-corrected chi connectivity index (χ0v) is 15.5. The monoisotopic (exact) mass is 331 g/mol. The molecule has 0 saturated carbocycles. The van der Waals surface area contributed by atoms with Gasteiger partial charge in [0.25, 0.3) is 0 Å². The lowest BCUT2D eigenvalue weighted by Gasteiger charge is -2.27. The number of carbonyl (C=O) groups is 2. The molecule has 0 aliphatic carbocycles. The van der Waals surface area contributed by atoms with E-state index in [1.807, 2.05) is 0 Å². The molecule has 128 valence electrons. The summed E-state index contributed by atoms with van der Waals surface area (Å²) in [4.78, 5) is 25.6.